The number of aryl methyl sites for hydroxylation is 1. The highest BCUT2D eigenvalue weighted by Gasteiger charge is 2.22. The van der Waals surface area contributed by atoms with E-state index < -0.39 is 5.82 Å². The van der Waals surface area contributed by atoms with Crippen molar-refractivity contribution in [2.24, 2.45) is 0 Å². The van der Waals surface area contributed by atoms with E-state index in [1.165, 1.54) is 17.7 Å². The normalized spacial score (nSPS) is 11.4. The maximum atomic E-state index is 14.9. The Morgan fingerprint density at radius 2 is 2.09 bits per heavy atom. The van der Waals surface area contributed by atoms with E-state index in [1.807, 2.05) is 13.8 Å². The van der Waals surface area contributed by atoms with Gasteiger partial charge >= 0.3 is 0 Å². The summed E-state index contributed by atoms with van der Waals surface area (Å²) in [6, 6.07) is 4.85. The fourth-order valence-corrected chi connectivity index (χ4v) is 2.60. The zero-order chi connectivity index (χ0) is 16.7. The minimum Gasteiger partial charge on any atom is -0.481 e. The predicted octanol–water partition coefficient (Wildman–Crippen LogP) is 2.66. The van der Waals surface area contributed by atoms with Gasteiger partial charge in [-0.3, -0.25) is 4.79 Å². The molecule has 0 bridgehead atoms. The second-order valence-electron chi connectivity index (χ2n) is 5.67. The summed E-state index contributed by atoms with van der Waals surface area (Å²) < 4.78 is 21.6. The molecule has 120 valence electrons. The molecule has 3 heterocycles. The number of halogens is 1. The molecule has 7 heteroatoms. The quantitative estimate of drug-likeness (QED) is 0.806. The lowest BCUT2D eigenvalue weighted by Crippen LogP contribution is -2.09. The molecular formula is C16H17FN4O2. The van der Waals surface area contributed by atoms with Crippen LogP contribution in [0.3, 0.4) is 0 Å². The summed E-state index contributed by atoms with van der Waals surface area (Å²) in [6.07, 6.45) is 0. The largest absolute Gasteiger partial charge is 0.481 e. The fourth-order valence-electron chi connectivity index (χ4n) is 2.60. The SMILES string of the molecule is COc1ccc(-c2n[nH]c(=O)cc2C)c2c(F)c(C(C)C)nn12. The number of ether oxygens (including phenoxy) is 1. The molecule has 1 N–H and O–H groups in total. The van der Waals surface area contributed by atoms with Gasteiger partial charge in [0.2, 0.25) is 5.88 Å². The van der Waals surface area contributed by atoms with Crippen molar-refractivity contribution >= 4 is 5.52 Å². The first kappa shape index (κ1) is 15.2. The zero-order valence-corrected chi connectivity index (χ0v) is 13.3. The van der Waals surface area contributed by atoms with Crippen molar-refractivity contribution in [1.82, 2.24) is 19.8 Å². The highest BCUT2D eigenvalue weighted by atomic mass is 19.1. The van der Waals surface area contributed by atoms with Crippen LogP contribution in [0.2, 0.25) is 0 Å². The Morgan fingerprint density at radius 3 is 2.70 bits per heavy atom. The second-order valence-corrected chi connectivity index (χ2v) is 5.67. The maximum absolute atomic E-state index is 14.9. The lowest BCUT2D eigenvalue weighted by Gasteiger charge is -2.09. The Bertz CT molecular complexity index is 943. The van der Waals surface area contributed by atoms with Gasteiger partial charge in [0.05, 0.1) is 12.8 Å². The number of nitrogens with zero attached hydrogens (tertiary/aromatic N) is 3. The number of rotatable bonds is 3. The van der Waals surface area contributed by atoms with Gasteiger partial charge in [-0.25, -0.2) is 9.49 Å². The van der Waals surface area contributed by atoms with Gasteiger partial charge in [-0.1, -0.05) is 13.8 Å². The van der Waals surface area contributed by atoms with E-state index in [0.29, 0.717) is 28.4 Å². The maximum Gasteiger partial charge on any atom is 0.264 e. The molecular weight excluding hydrogens is 299 g/mol. The lowest BCUT2D eigenvalue weighted by atomic mass is 10.1. The number of fused-ring (bicyclic) bond motifs is 1. The topological polar surface area (TPSA) is 72.3 Å². The van der Waals surface area contributed by atoms with E-state index in [1.54, 1.807) is 19.1 Å². The van der Waals surface area contributed by atoms with E-state index in [-0.39, 0.29) is 17.0 Å². The van der Waals surface area contributed by atoms with E-state index in [4.69, 9.17) is 4.74 Å². The third-order valence-corrected chi connectivity index (χ3v) is 3.72. The van der Waals surface area contributed by atoms with Crippen molar-refractivity contribution in [3.8, 4) is 17.1 Å². The Kier molecular flexibility index (Phi) is 3.63. The summed E-state index contributed by atoms with van der Waals surface area (Å²) in [7, 11) is 1.51. The number of H-pyrrole nitrogens is 1. The van der Waals surface area contributed by atoms with Gasteiger partial charge in [0.1, 0.15) is 11.2 Å². The van der Waals surface area contributed by atoms with Gasteiger partial charge in [-0.15, -0.1) is 0 Å². The first-order chi connectivity index (χ1) is 10.9. The van der Waals surface area contributed by atoms with Crippen LogP contribution in [0.15, 0.2) is 23.0 Å². The molecule has 0 spiro atoms. The molecule has 0 saturated heterocycles. The Labute approximate surface area is 131 Å². The first-order valence-electron chi connectivity index (χ1n) is 7.25. The highest BCUT2D eigenvalue weighted by molar-refractivity contribution is 5.81. The number of nitrogens with one attached hydrogen (secondary N) is 1. The van der Waals surface area contributed by atoms with Crippen LogP contribution in [0.1, 0.15) is 31.0 Å². The minimum atomic E-state index is -0.402. The predicted molar refractivity (Wildman–Crippen MR) is 84.4 cm³/mol. The van der Waals surface area contributed by atoms with Gasteiger partial charge < -0.3 is 4.74 Å². The summed E-state index contributed by atoms with van der Waals surface area (Å²) >= 11 is 0. The van der Waals surface area contributed by atoms with Crippen LogP contribution < -0.4 is 10.3 Å². The van der Waals surface area contributed by atoms with Gasteiger partial charge in [-0.05, 0) is 18.6 Å². The van der Waals surface area contributed by atoms with E-state index in [0.717, 1.165) is 0 Å². The molecule has 0 fully saturated rings. The fraction of sp³-hybridized carbons (Fsp3) is 0.312. The van der Waals surface area contributed by atoms with Gasteiger partial charge in [0.25, 0.3) is 5.56 Å². The summed E-state index contributed by atoms with van der Waals surface area (Å²) in [5.41, 5.74) is 2.07. The molecule has 0 saturated carbocycles. The molecule has 0 unspecified atom stereocenters. The van der Waals surface area contributed by atoms with Crippen molar-refractivity contribution in [1.29, 1.82) is 0 Å². The van der Waals surface area contributed by atoms with Crippen LogP contribution in [-0.2, 0) is 0 Å². The average molecular weight is 316 g/mol. The number of aromatic amines is 1. The third kappa shape index (κ3) is 2.38. The number of pyridine rings is 1. The van der Waals surface area contributed by atoms with Crippen molar-refractivity contribution in [2.45, 2.75) is 26.7 Å². The lowest BCUT2D eigenvalue weighted by molar-refractivity contribution is 0.385. The average Bonchev–Trinajstić information content (AvgIpc) is 2.85. The number of methoxy groups -OCH3 is 1. The summed E-state index contributed by atoms with van der Waals surface area (Å²) in [5, 5.41) is 10.8. The summed E-state index contributed by atoms with van der Waals surface area (Å²) in [5.74, 6) is -0.0463. The molecule has 3 aromatic heterocycles. The number of aromatic nitrogens is 4. The number of hydrogen-bond donors (Lipinski definition) is 1. The smallest absolute Gasteiger partial charge is 0.264 e. The van der Waals surface area contributed by atoms with Gasteiger partial charge in [0, 0.05) is 23.6 Å². The molecule has 0 aliphatic carbocycles. The zero-order valence-electron chi connectivity index (χ0n) is 13.3. The molecule has 0 amide bonds. The Morgan fingerprint density at radius 1 is 1.35 bits per heavy atom. The second kappa shape index (κ2) is 5.49. The molecule has 0 aromatic carbocycles. The molecule has 0 atom stereocenters. The van der Waals surface area contributed by atoms with Gasteiger partial charge in [-0.2, -0.15) is 14.7 Å². The molecule has 3 aromatic rings. The van der Waals surface area contributed by atoms with Crippen LogP contribution in [0.4, 0.5) is 4.39 Å². The highest BCUT2D eigenvalue weighted by Crippen LogP contribution is 2.32. The monoisotopic (exact) mass is 316 g/mol. The molecule has 23 heavy (non-hydrogen) atoms. The Balaban J connectivity index is 2.40. The standard InChI is InChI=1S/C16H17FN4O2/c1-8(2)14-13(17)16-10(5-6-12(23-4)21(16)20-14)15-9(3)7-11(22)18-19-15/h5-8H,1-4H3,(H,18,22). The minimum absolute atomic E-state index is 0.0721. The molecule has 3 rings (SSSR count). The van der Waals surface area contributed by atoms with E-state index in [9.17, 15) is 9.18 Å². The summed E-state index contributed by atoms with van der Waals surface area (Å²) in [6.45, 7) is 5.51. The van der Waals surface area contributed by atoms with Crippen molar-refractivity contribution in [3.63, 3.8) is 0 Å². The van der Waals surface area contributed by atoms with Gasteiger partial charge in [0.15, 0.2) is 5.82 Å². The van der Waals surface area contributed by atoms with Crippen LogP contribution in [0.25, 0.3) is 16.8 Å². The van der Waals surface area contributed by atoms with Crippen molar-refractivity contribution < 1.29 is 9.13 Å². The molecule has 6 nitrogen and oxygen atoms in total. The Hall–Kier alpha value is -2.70. The van der Waals surface area contributed by atoms with E-state index >= 15 is 0 Å². The van der Waals surface area contributed by atoms with Crippen molar-refractivity contribution in [3.05, 3.63) is 45.6 Å². The van der Waals surface area contributed by atoms with Crippen LogP contribution in [-0.4, -0.2) is 26.9 Å². The third-order valence-electron chi connectivity index (χ3n) is 3.72. The first-order valence-corrected chi connectivity index (χ1v) is 7.25. The van der Waals surface area contributed by atoms with Crippen LogP contribution in [0, 0.1) is 12.7 Å². The van der Waals surface area contributed by atoms with E-state index in [2.05, 4.69) is 15.3 Å². The molecule has 0 radical (unpaired) electrons. The number of hydrogen-bond acceptors (Lipinski definition) is 4. The van der Waals surface area contributed by atoms with Crippen LogP contribution in [0.5, 0.6) is 5.88 Å². The van der Waals surface area contributed by atoms with Crippen molar-refractivity contribution in [2.75, 3.05) is 7.11 Å². The molecule has 0 aliphatic heterocycles. The van der Waals surface area contributed by atoms with Crippen LogP contribution >= 0.6 is 0 Å². The summed E-state index contributed by atoms with van der Waals surface area (Å²) in [4.78, 5) is 11.4. The molecule has 0 aliphatic rings.